The van der Waals surface area contributed by atoms with Gasteiger partial charge in [-0.25, -0.2) is 4.39 Å². The van der Waals surface area contributed by atoms with Gasteiger partial charge in [0.2, 0.25) is 11.7 Å². The summed E-state index contributed by atoms with van der Waals surface area (Å²) in [5.74, 6) is 1.30. The molecule has 30 heavy (non-hydrogen) atoms. The molecule has 0 N–H and O–H groups in total. The largest absolute Gasteiger partial charge is 0.485 e. The van der Waals surface area contributed by atoms with Gasteiger partial charge in [0.1, 0.15) is 11.6 Å². The molecule has 5 nitrogen and oxygen atoms in total. The van der Waals surface area contributed by atoms with Gasteiger partial charge in [-0.15, -0.1) is 11.3 Å². The molecular formula is C23H20FN3O2S. The quantitative estimate of drug-likeness (QED) is 0.439. The third kappa shape index (κ3) is 3.99. The van der Waals surface area contributed by atoms with Crippen LogP contribution in [0.25, 0.3) is 0 Å². The second-order valence-electron chi connectivity index (χ2n) is 7.18. The fraction of sp³-hybridized carbons (Fsp3) is 0.217. The van der Waals surface area contributed by atoms with Gasteiger partial charge in [0.05, 0.1) is 12.6 Å². The van der Waals surface area contributed by atoms with Crippen molar-refractivity contribution in [3.63, 3.8) is 0 Å². The van der Waals surface area contributed by atoms with Crippen LogP contribution in [0.4, 0.5) is 4.39 Å². The molecule has 0 fully saturated rings. The second kappa shape index (κ2) is 8.38. The summed E-state index contributed by atoms with van der Waals surface area (Å²) in [5.41, 5.74) is 2.62. The molecule has 0 saturated carbocycles. The highest BCUT2D eigenvalue weighted by Crippen LogP contribution is 2.38. The standard InChI is InChI=1S/C23H20FN3O2S/c24-17-6-8-18(9-7-17)28-15-21-25-22(29-26-21)14-27-12-10-20-19(11-13-30-20)23(27)16-4-2-1-3-5-16/h1-9,11,13,23H,10,12,14-15H2/t23-/m1/s1. The molecule has 0 amide bonds. The maximum absolute atomic E-state index is 13.0. The first kappa shape index (κ1) is 19.0. The summed E-state index contributed by atoms with van der Waals surface area (Å²) in [6.45, 7) is 1.67. The number of nitrogens with zero attached hydrogens (tertiary/aromatic N) is 3. The number of thiophene rings is 1. The molecule has 1 atom stereocenters. The molecule has 152 valence electrons. The summed E-state index contributed by atoms with van der Waals surface area (Å²) in [4.78, 5) is 8.31. The van der Waals surface area contributed by atoms with Crippen LogP contribution >= 0.6 is 11.3 Å². The van der Waals surface area contributed by atoms with Crippen LogP contribution < -0.4 is 4.74 Å². The van der Waals surface area contributed by atoms with Crippen LogP contribution in [-0.2, 0) is 19.6 Å². The number of ether oxygens (including phenoxy) is 1. The van der Waals surface area contributed by atoms with E-state index in [0.717, 1.165) is 13.0 Å². The Morgan fingerprint density at radius 3 is 2.77 bits per heavy atom. The molecule has 0 spiro atoms. The van der Waals surface area contributed by atoms with Crippen molar-refractivity contribution >= 4 is 11.3 Å². The van der Waals surface area contributed by atoms with Crippen LogP contribution in [0.1, 0.15) is 33.8 Å². The summed E-state index contributed by atoms with van der Waals surface area (Å²) in [6.07, 6.45) is 1.02. The molecule has 7 heteroatoms. The second-order valence-corrected chi connectivity index (χ2v) is 8.18. The Labute approximate surface area is 177 Å². The molecule has 0 saturated heterocycles. The van der Waals surface area contributed by atoms with E-state index in [2.05, 4.69) is 50.8 Å². The first-order valence-electron chi connectivity index (χ1n) is 9.81. The Bertz CT molecular complexity index is 1110. The molecule has 4 aromatic rings. The van der Waals surface area contributed by atoms with Crippen molar-refractivity contribution in [3.05, 3.63) is 99.6 Å². The Hall–Kier alpha value is -3.03. The first-order chi connectivity index (χ1) is 14.8. The van der Waals surface area contributed by atoms with Gasteiger partial charge in [-0.1, -0.05) is 35.5 Å². The Morgan fingerprint density at radius 1 is 1.10 bits per heavy atom. The van der Waals surface area contributed by atoms with E-state index in [-0.39, 0.29) is 18.5 Å². The van der Waals surface area contributed by atoms with Crippen molar-refractivity contribution in [2.75, 3.05) is 6.54 Å². The van der Waals surface area contributed by atoms with Crippen LogP contribution in [0.15, 0.2) is 70.6 Å². The van der Waals surface area contributed by atoms with Crippen molar-refractivity contribution in [1.29, 1.82) is 0 Å². The Morgan fingerprint density at radius 2 is 1.93 bits per heavy atom. The van der Waals surface area contributed by atoms with E-state index in [1.165, 1.54) is 28.1 Å². The fourth-order valence-corrected chi connectivity index (χ4v) is 4.73. The SMILES string of the molecule is Fc1ccc(OCc2noc(CN3CCc4sccc4[C@H]3c3ccccc3)n2)cc1. The molecule has 0 radical (unpaired) electrons. The van der Waals surface area contributed by atoms with Gasteiger partial charge >= 0.3 is 0 Å². The zero-order chi connectivity index (χ0) is 20.3. The molecular weight excluding hydrogens is 401 g/mol. The topological polar surface area (TPSA) is 51.4 Å². The molecule has 2 aromatic heterocycles. The van der Waals surface area contributed by atoms with E-state index in [4.69, 9.17) is 9.26 Å². The number of benzene rings is 2. The lowest BCUT2D eigenvalue weighted by molar-refractivity contribution is 0.179. The van der Waals surface area contributed by atoms with Crippen molar-refractivity contribution in [3.8, 4) is 5.75 Å². The van der Waals surface area contributed by atoms with E-state index in [1.54, 1.807) is 12.1 Å². The molecule has 0 unspecified atom stereocenters. The van der Waals surface area contributed by atoms with Gasteiger partial charge in [0.25, 0.3) is 0 Å². The van der Waals surface area contributed by atoms with E-state index in [9.17, 15) is 4.39 Å². The van der Waals surface area contributed by atoms with Crippen LogP contribution in [0.5, 0.6) is 5.75 Å². The minimum atomic E-state index is -0.299. The molecule has 0 aliphatic carbocycles. The van der Waals surface area contributed by atoms with E-state index in [1.807, 2.05) is 17.4 Å². The zero-order valence-electron chi connectivity index (χ0n) is 16.2. The molecule has 1 aliphatic heterocycles. The highest BCUT2D eigenvalue weighted by atomic mass is 32.1. The lowest BCUT2D eigenvalue weighted by Gasteiger charge is -2.35. The Kier molecular flexibility index (Phi) is 5.29. The fourth-order valence-electron chi connectivity index (χ4n) is 3.83. The predicted octanol–water partition coefficient (Wildman–Crippen LogP) is 5.00. The number of halogens is 1. The van der Waals surface area contributed by atoms with Gasteiger partial charge in [0.15, 0.2) is 6.61 Å². The van der Waals surface area contributed by atoms with Crippen LogP contribution in [0.3, 0.4) is 0 Å². The first-order valence-corrected chi connectivity index (χ1v) is 10.7. The number of aromatic nitrogens is 2. The van der Waals surface area contributed by atoms with Crippen molar-refractivity contribution in [1.82, 2.24) is 15.0 Å². The highest BCUT2D eigenvalue weighted by molar-refractivity contribution is 7.10. The highest BCUT2D eigenvalue weighted by Gasteiger charge is 2.30. The van der Waals surface area contributed by atoms with Gasteiger partial charge in [-0.3, -0.25) is 4.90 Å². The summed E-state index contributed by atoms with van der Waals surface area (Å²) in [5, 5.41) is 6.20. The average molecular weight is 421 g/mol. The van der Waals surface area contributed by atoms with Crippen molar-refractivity contribution in [2.24, 2.45) is 0 Å². The van der Waals surface area contributed by atoms with Crippen molar-refractivity contribution < 1.29 is 13.7 Å². The Balaban J connectivity index is 1.31. The minimum Gasteiger partial charge on any atom is -0.485 e. The average Bonchev–Trinajstić information content (AvgIpc) is 3.43. The molecule has 2 aromatic carbocycles. The maximum atomic E-state index is 13.0. The maximum Gasteiger partial charge on any atom is 0.240 e. The number of hydrogen-bond donors (Lipinski definition) is 0. The number of hydrogen-bond acceptors (Lipinski definition) is 6. The molecule has 0 bridgehead atoms. The smallest absolute Gasteiger partial charge is 0.240 e. The monoisotopic (exact) mass is 421 g/mol. The van der Waals surface area contributed by atoms with Gasteiger partial charge in [-0.2, -0.15) is 4.98 Å². The minimum absolute atomic E-state index is 0.173. The lowest BCUT2D eigenvalue weighted by Crippen LogP contribution is -2.35. The molecule has 1 aliphatic rings. The van der Waals surface area contributed by atoms with E-state index >= 15 is 0 Å². The van der Waals surface area contributed by atoms with Crippen LogP contribution in [-0.4, -0.2) is 21.6 Å². The predicted molar refractivity (Wildman–Crippen MR) is 112 cm³/mol. The van der Waals surface area contributed by atoms with Crippen molar-refractivity contribution in [2.45, 2.75) is 25.6 Å². The van der Waals surface area contributed by atoms with E-state index < -0.39 is 0 Å². The molecule has 5 rings (SSSR count). The summed E-state index contributed by atoms with van der Waals surface area (Å²) < 4.78 is 24.1. The summed E-state index contributed by atoms with van der Waals surface area (Å²) in [6, 6.07) is 18.8. The van der Waals surface area contributed by atoms with Gasteiger partial charge in [-0.05, 0) is 53.3 Å². The van der Waals surface area contributed by atoms with Gasteiger partial charge < -0.3 is 9.26 Å². The van der Waals surface area contributed by atoms with E-state index in [0.29, 0.717) is 24.0 Å². The number of rotatable bonds is 6. The third-order valence-electron chi connectivity index (χ3n) is 5.21. The third-order valence-corrected chi connectivity index (χ3v) is 6.21. The summed E-state index contributed by atoms with van der Waals surface area (Å²) >= 11 is 1.82. The van der Waals surface area contributed by atoms with Gasteiger partial charge in [0, 0.05) is 11.4 Å². The normalized spacial score (nSPS) is 16.4. The van der Waals surface area contributed by atoms with Crippen LogP contribution in [0, 0.1) is 5.82 Å². The number of fused-ring (bicyclic) bond motifs is 1. The summed E-state index contributed by atoms with van der Waals surface area (Å²) in [7, 11) is 0. The van der Waals surface area contributed by atoms with Crippen LogP contribution in [0.2, 0.25) is 0 Å². The zero-order valence-corrected chi connectivity index (χ0v) is 17.0. The molecule has 3 heterocycles. The lowest BCUT2D eigenvalue weighted by atomic mass is 9.93.